The number of nitrogens with one attached hydrogen (secondary N) is 2. The molecule has 2 heterocycles. The smallest absolute Gasteiger partial charge is 0.124 e. The van der Waals surface area contributed by atoms with Crippen molar-refractivity contribution < 1.29 is 0 Å². The third kappa shape index (κ3) is 1.84. The van der Waals surface area contributed by atoms with Crippen LogP contribution in [0.2, 0.25) is 0 Å². The van der Waals surface area contributed by atoms with Gasteiger partial charge in [0.15, 0.2) is 0 Å². The van der Waals surface area contributed by atoms with E-state index < -0.39 is 0 Å². The van der Waals surface area contributed by atoms with Gasteiger partial charge in [0.25, 0.3) is 0 Å². The molecule has 0 radical (unpaired) electrons. The SMILES string of the molecule is CC(C)(C)c1ccc2[nH]c([C@H]3CCN3)nc2c1. The van der Waals surface area contributed by atoms with Crippen molar-refractivity contribution in [3.05, 3.63) is 29.6 Å². The number of aromatic nitrogens is 2. The van der Waals surface area contributed by atoms with Crippen LogP contribution < -0.4 is 5.32 Å². The summed E-state index contributed by atoms with van der Waals surface area (Å²) in [5.74, 6) is 1.08. The Labute approximate surface area is 102 Å². The topological polar surface area (TPSA) is 40.7 Å². The highest BCUT2D eigenvalue weighted by Crippen LogP contribution is 2.27. The van der Waals surface area contributed by atoms with E-state index in [0.29, 0.717) is 6.04 Å². The number of H-pyrrole nitrogens is 1. The van der Waals surface area contributed by atoms with Crippen LogP contribution in [0.3, 0.4) is 0 Å². The van der Waals surface area contributed by atoms with Gasteiger partial charge in [0.2, 0.25) is 0 Å². The molecule has 1 fully saturated rings. The lowest BCUT2D eigenvalue weighted by atomic mass is 9.87. The summed E-state index contributed by atoms with van der Waals surface area (Å²) in [6.45, 7) is 7.80. The average Bonchev–Trinajstić information content (AvgIpc) is 2.54. The van der Waals surface area contributed by atoms with E-state index in [9.17, 15) is 0 Å². The Hall–Kier alpha value is -1.35. The van der Waals surface area contributed by atoms with Gasteiger partial charge < -0.3 is 10.3 Å². The number of rotatable bonds is 1. The minimum atomic E-state index is 0.183. The first-order valence-electron chi connectivity index (χ1n) is 6.27. The highest BCUT2D eigenvalue weighted by Gasteiger charge is 2.22. The number of benzene rings is 1. The molecule has 3 heteroatoms. The molecule has 1 aromatic heterocycles. The monoisotopic (exact) mass is 229 g/mol. The number of aromatic amines is 1. The zero-order chi connectivity index (χ0) is 12.0. The molecule has 1 saturated heterocycles. The molecule has 1 aromatic carbocycles. The van der Waals surface area contributed by atoms with Crippen LogP contribution in [0.25, 0.3) is 11.0 Å². The first-order chi connectivity index (χ1) is 8.04. The lowest BCUT2D eigenvalue weighted by Crippen LogP contribution is -2.35. The van der Waals surface area contributed by atoms with Gasteiger partial charge in [-0.05, 0) is 36.1 Å². The number of fused-ring (bicyclic) bond motifs is 1. The molecule has 1 aliphatic heterocycles. The molecule has 0 bridgehead atoms. The fourth-order valence-corrected chi connectivity index (χ4v) is 2.18. The summed E-state index contributed by atoms with van der Waals surface area (Å²) in [6.07, 6.45) is 1.19. The van der Waals surface area contributed by atoms with E-state index in [1.165, 1.54) is 12.0 Å². The van der Waals surface area contributed by atoms with Crippen molar-refractivity contribution in [3.63, 3.8) is 0 Å². The predicted molar refractivity (Wildman–Crippen MR) is 70.2 cm³/mol. The van der Waals surface area contributed by atoms with Gasteiger partial charge in [-0.25, -0.2) is 4.98 Å². The Kier molecular flexibility index (Phi) is 2.26. The summed E-state index contributed by atoms with van der Waals surface area (Å²) < 4.78 is 0. The van der Waals surface area contributed by atoms with Crippen molar-refractivity contribution in [1.29, 1.82) is 0 Å². The molecule has 1 atom stereocenters. The highest BCUT2D eigenvalue weighted by atomic mass is 15.1. The summed E-state index contributed by atoms with van der Waals surface area (Å²) in [5.41, 5.74) is 3.75. The number of hydrogen-bond donors (Lipinski definition) is 2. The Balaban J connectivity index is 2.04. The Morgan fingerprint density at radius 1 is 1.29 bits per heavy atom. The molecule has 2 N–H and O–H groups in total. The van der Waals surface area contributed by atoms with Crippen molar-refractivity contribution in [2.45, 2.75) is 38.6 Å². The second kappa shape index (κ2) is 3.57. The minimum Gasteiger partial charge on any atom is -0.341 e. The van der Waals surface area contributed by atoms with Gasteiger partial charge in [-0.2, -0.15) is 0 Å². The Bertz CT molecular complexity index is 544. The van der Waals surface area contributed by atoms with Gasteiger partial charge in [0, 0.05) is 0 Å². The van der Waals surface area contributed by atoms with Crippen molar-refractivity contribution in [2.24, 2.45) is 0 Å². The average molecular weight is 229 g/mol. The molecule has 0 spiro atoms. The summed E-state index contributed by atoms with van der Waals surface area (Å²) >= 11 is 0. The van der Waals surface area contributed by atoms with E-state index in [1.807, 2.05) is 0 Å². The molecule has 2 aromatic rings. The highest BCUT2D eigenvalue weighted by molar-refractivity contribution is 5.76. The maximum absolute atomic E-state index is 4.69. The minimum absolute atomic E-state index is 0.183. The molecule has 90 valence electrons. The van der Waals surface area contributed by atoms with E-state index in [4.69, 9.17) is 4.98 Å². The summed E-state index contributed by atoms with van der Waals surface area (Å²) in [4.78, 5) is 8.09. The van der Waals surface area contributed by atoms with E-state index in [1.54, 1.807) is 0 Å². The number of nitrogens with zero attached hydrogens (tertiary/aromatic N) is 1. The normalized spacial score (nSPS) is 20.5. The summed E-state index contributed by atoms with van der Waals surface area (Å²) in [5, 5.41) is 3.37. The molecular formula is C14H19N3. The molecule has 0 amide bonds. The molecule has 0 unspecified atom stereocenters. The third-order valence-electron chi connectivity index (χ3n) is 3.52. The van der Waals surface area contributed by atoms with Crippen LogP contribution in [0.15, 0.2) is 18.2 Å². The molecule has 0 saturated carbocycles. The fraction of sp³-hybridized carbons (Fsp3) is 0.500. The lowest BCUT2D eigenvalue weighted by Gasteiger charge is -2.25. The van der Waals surface area contributed by atoms with Crippen LogP contribution in [0, 0.1) is 0 Å². The van der Waals surface area contributed by atoms with E-state index in [-0.39, 0.29) is 5.41 Å². The fourth-order valence-electron chi connectivity index (χ4n) is 2.18. The van der Waals surface area contributed by atoms with Gasteiger partial charge in [-0.1, -0.05) is 26.8 Å². The van der Waals surface area contributed by atoms with Crippen LogP contribution >= 0.6 is 0 Å². The quantitative estimate of drug-likeness (QED) is 0.789. The Morgan fingerprint density at radius 3 is 2.65 bits per heavy atom. The zero-order valence-corrected chi connectivity index (χ0v) is 10.7. The first kappa shape index (κ1) is 10.8. The van der Waals surface area contributed by atoms with Gasteiger partial charge >= 0.3 is 0 Å². The molecular weight excluding hydrogens is 210 g/mol. The number of imidazole rings is 1. The van der Waals surface area contributed by atoms with Crippen LogP contribution in [0.5, 0.6) is 0 Å². The van der Waals surface area contributed by atoms with Crippen LogP contribution in [0.4, 0.5) is 0 Å². The van der Waals surface area contributed by atoms with Crippen molar-refractivity contribution >= 4 is 11.0 Å². The second-order valence-corrected chi connectivity index (χ2v) is 5.90. The van der Waals surface area contributed by atoms with Crippen LogP contribution in [-0.4, -0.2) is 16.5 Å². The van der Waals surface area contributed by atoms with E-state index in [0.717, 1.165) is 23.4 Å². The Morgan fingerprint density at radius 2 is 2.06 bits per heavy atom. The maximum atomic E-state index is 4.69. The van der Waals surface area contributed by atoms with Crippen LogP contribution in [0.1, 0.15) is 44.6 Å². The maximum Gasteiger partial charge on any atom is 0.124 e. The molecule has 3 nitrogen and oxygen atoms in total. The predicted octanol–water partition coefficient (Wildman–Crippen LogP) is 2.89. The van der Waals surface area contributed by atoms with E-state index in [2.05, 4.69) is 49.3 Å². The van der Waals surface area contributed by atoms with Crippen molar-refractivity contribution in [2.75, 3.05) is 6.54 Å². The largest absolute Gasteiger partial charge is 0.341 e. The standard InChI is InChI=1S/C14H19N3/c1-14(2,3)9-4-5-10-12(8-9)17-13(16-10)11-6-7-15-11/h4-5,8,11,15H,6-7H2,1-3H3,(H,16,17)/t11-/m1/s1. The van der Waals surface area contributed by atoms with Gasteiger partial charge in [0.1, 0.15) is 5.82 Å². The van der Waals surface area contributed by atoms with Gasteiger partial charge in [-0.3, -0.25) is 0 Å². The molecule has 0 aliphatic carbocycles. The van der Waals surface area contributed by atoms with Crippen molar-refractivity contribution in [1.82, 2.24) is 15.3 Å². The zero-order valence-electron chi connectivity index (χ0n) is 10.7. The van der Waals surface area contributed by atoms with E-state index >= 15 is 0 Å². The molecule has 3 rings (SSSR count). The molecule has 1 aliphatic rings. The summed E-state index contributed by atoms with van der Waals surface area (Å²) in [7, 11) is 0. The van der Waals surface area contributed by atoms with Gasteiger partial charge in [-0.15, -0.1) is 0 Å². The number of hydrogen-bond acceptors (Lipinski definition) is 2. The van der Waals surface area contributed by atoms with Gasteiger partial charge in [0.05, 0.1) is 17.1 Å². The third-order valence-corrected chi connectivity index (χ3v) is 3.52. The molecule has 17 heavy (non-hydrogen) atoms. The van der Waals surface area contributed by atoms with Crippen molar-refractivity contribution in [3.8, 4) is 0 Å². The van der Waals surface area contributed by atoms with Crippen LogP contribution in [-0.2, 0) is 5.41 Å². The lowest BCUT2D eigenvalue weighted by molar-refractivity contribution is 0.369. The summed E-state index contributed by atoms with van der Waals surface area (Å²) in [6, 6.07) is 6.97. The first-order valence-corrected chi connectivity index (χ1v) is 6.27. The second-order valence-electron chi connectivity index (χ2n) is 5.90.